The Kier molecular flexibility index (Phi) is 8.50. The van der Waals surface area contributed by atoms with Gasteiger partial charge in [0, 0.05) is 12.1 Å². The van der Waals surface area contributed by atoms with E-state index in [1.54, 1.807) is 0 Å². The summed E-state index contributed by atoms with van der Waals surface area (Å²) in [7, 11) is 0. The third-order valence-corrected chi connectivity index (χ3v) is 6.41. The molecule has 0 bridgehead atoms. The minimum Gasteiger partial charge on any atom is -0.467 e. The van der Waals surface area contributed by atoms with Crippen LogP contribution in [0.1, 0.15) is 26.7 Å². The number of rotatable bonds is 7. The van der Waals surface area contributed by atoms with Crippen molar-refractivity contribution < 1.29 is 34.3 Å². The largest absolute Gasteiger partial charge is 0.467 e. The second-order valence-electron chi connectivity index (χ2n) is 9.07. The molecule has 0 aromatic rings. The first-order valence-corrected chi connectivity index (χ1v) is 11.2. The molecule has 1 saturated carbocycles. The third kappa shape index (κ3) is 5.42. The molecule has 11 atom stereocenters. The number of aliphatic hydroxyl groups excluding tert-OH is 2. The van der Waals surface area contributed by atoms with Crippen LogP contribution in [-0.2, 0) is 18.9 Å². The van der Waals surface area contributed by atoms with Crippen molar-refractivity contribution in [3.63, 3.8) is 0 Å². The average molecular weight is 462 g/mol. The van der Waals surface area contributed by atoms with Crippen LogP contribution in [0.3, 0.4) is 0 Å². The predicted octanol–water partition coefficient (Wildman–Crippen LogP) is -3.46. The molecule has 2 heterocycles. The molecule has 32 heavy (non-hydrogen) atoms. The van der Waals surface area contributed by atoms with E-state index in [1.807, 2.05) is 13.0 Å². The fourth-order valence-corrected chi connectivity index (χ4v) is 4.39. The fourth-order valence-electron chi connectivity index (χ4n) is 4.39. The van der Waals surface area contributed by atoms with E-state index in [9.17, 15) is 15.3 Å². The van der Waals surface area contributed by atoms with E-state index in [2.05, 4.69) is 5.32 Å². The normalized spacial score (nSPS) is 47.6. The van der Waals surface area contributed by atoms with Gasteiger partial charge in [-0.1, -0.05) is 6.92 Å². The van der Waals surface area contributed by atoms with Crippen LogP contribution in [0.5, 0.6) is 0 Å². The van der Waals surface area contributed by atoms with Gasteiger partial charge < -0.3 is 62.5 Å². The van der Waals surface area contributed by atoms with Gasteiger partial charge >= 0.3 is 0 Å². The first-order chi connectivity index (χ1) is 15.1. The van der Waals surface area contributed by atoms with Crippen LogP contribution in [0.15, 0.2) is 11.8 Å². The molecular formula is C20H39N5O7. The van der Waals surface area contributed by atoms with Crippen molar-refractivity contribution in [2.75, 3.05) is 19.7 Å². The van der Waals surface area contributed by atoms with Gasteiger partial charge in [0.15, 0.2) is 6.29 Å². The van der Waals surface area contributed by atoms with Crippen molar-refractivity contribution >= 4 is 0 Å². The lowest BCUT2D eigenvalue weighted by atomic mass is 9.83. The maximum Gasteiger partial charge on any atom is 0.215 e. The Morgan fingerprint density at radius 2 is 1.81 bits per heavy atom. The summed E-state index contributed by atoms with van der Waals surface area (Å²) in [5, 5.41) is 35.2. The van der Waals surface area contributed by atoms with Crippen molar-refractivity contribution in [1.82, 2.24) is 5.32 Å². The monoisotopic (exact) mass is 461 g/mol. The van der Waals surface area contributed by atoms with E-state index in [-0.39, 0.29) is 19.2 Å². The van der Waals surface area contributed by atoms with Crippen molar-refractivity contribution in [2.45, 2.75) is 93.5 Å². The molecule has 186 valence electrons. The van der Waals surface area contributed by atoms with Gasteiger partial charge in [0.05, 0.1) is 25.2 Å². The second-order valence-corrected chi connectivity index (χ2v) is 9.07. The molecule has 12 heteroatoms. The molecule has 0 spiro atoms. The van der Waals surface area contributed by atoms with E-state index in [0.717, 1.165) is 0 Å². The van der Waals surface area contributed by atoms with E-state index in [1.165, 1.54) is 6.92 Å². The highest BCUT2D eigenvalue weighted by molar-refractivity contribution is 5.04. The molecule has 3 aliphatic rings. The molecule has 0 radical (unpaired) electrons. The van der Waals surface area contributed by atoms with E-state index >= 15 is 0 Å². The number of nitrogens with two attached hydrogens (primary N) is 4. The summed E-state index contributed by atoms with van der Waals surface area (Å²) in [5.41, 5.74) is 22.7. The SMILES string of the molecule is CCN[C@@H]1C[C@H](N)[C@@H](O[C@H]2OC(CN)=CC[C@H]2N)[C@H](O)[C@H]1O[C@H]1OC[C@](C)(O)[C@H](N)[C@H]1O. The van der Waals surface area contributed by atoms with Crippen molar-refractivity contribution in [2.24, 2.45) is 22.9 Å². The van der Waals surface area contributed by atoms with Gasteiger partial charge in [-0.05, 0) is 32.4 Å². The van der Waals surface area contributed by atoms with Gasteiger partial charge in [-0.3, -0.25) is 0 Å². The summed E-state index contributed by atoms with van der Waals surface area (Å²) in [6.07, 6.45) is -3.35. The molecule has 3 rings (SSSR count). The molecule has 1 aliphatic carbocycles. The molecule has 2 fully saturated rings. The van der Waals surface area contributed by atoms with Gasteiger partial charge in [-0.15, -0.1) is 0 Å². The average Bonchev–Trinajstić information content (AvgIpc) is 2.75. The fraction of sp³-hybridized carbons (Fsp3) is 0.900. The standard InChI is InChI=1S/C20H39N5O7/c1-3-25-12-6-11(23)15(31-18-10(22)5-4-9(7-21)30-18)13(26)16(12)32-19-14(27)17(24)20(2,28)8-29-19/h4,10-19,25-28H,3,5-8,21-24H2,1-2H3/t10-,11+,12-,13+,14-,15-,16+,17-,18-,19-,20+/m1/s1. The van der Waals surface area contributed by atoms with Crippen molar-refractivity contribution in [3.8, 4) is 0 Å². The van der Waals surface area contributed by atoms with Gasteiger partial charge in [-0.2, -0.15) is 0 Å². The molecule has 0 amide bonds. The van der Waals surface area contributed by atoms with E-state index in [4.69, 9.17) is 41.9 Å². The summed E-state index contributed by atoms with van der Waals surface area (Å²) >= 11 is 0. The Bertz CT molecular complexity index is 654. The molecule has 12 N–H and O–H groups in total. The number of hydrogen-bond donors (Lipinski definition) is 8. The Balaban J connectivity index is 1.74. The molecule has 12 nitrogen and oxygen atoms in total. The zero-order chi connectivity index (χ0) is 23.6. The van der Waals surface area contributed by atoms with Crippen LogP contribution in [0.2, 0.25) is 0 Å². The summed E-state index contributed by atoms with van der Waals surface area (Å²) in [4.78, 5) is 0. The van der Waals surface area contributed by atoms with Crippen molar-refractivity contribution in [1.29, 1.82) is 0 Å². The third-order valence-electron chi connectivity index (χ3n) is 6.41. The number of nitrogens with one attached hydrogen (secondary N) is 1. The maximum atomic E-state index is 11.2. The second kappa shape index (κ2) is 10.6. The Morgan fingerprint density at radius 3 is 2.47 bits per heavy atom. The molecule has 0 aromatic heterocycles. The topological polar surface area (TPSA) is 214 Å². The number of likely N-dealkylation sites (N-methyl/N-ethyl adjacent to an activating group) is 1. The highest BCUT2D eigenvalue weighted by Crippen LogP contribution is 2.31. The number of ether oxygens (including phenoxy) is 4. The highest BCUT2D eigenvalue weighted by Gasteiger charge is 2.50. The van der Waals surface area contributed by atoms with E-state index < -0.39 is 60.7 Å². The van der Waals surface area contributed by atoms with Crippen LogP contribution in [-0.4, -0.2) is 102 Å². The number of hydrogen-bond acceptors (Lipinski definition) is 12. The lowest BCUT2D eigenvalue weighted by Gasteiger charge is -2.48. The van der Waals surface area contributed by atoms with Crippen molar-refractivity contribution in [3.05, 3.63) is 11.8 Å². The van der Waals surface area contributed by atoms with E-state index in [0.29, 0.717) is 25.1 Å². The van der Waals surface area contributed by atoms with Gasteiger partial charge in [0.1, 0.15) is 35.8 Å². The highest BCUT2D eigenvalue weighted by atomic mass is 16.7. The number of aliphatic hydroxyl groups is 3. The van der Waals surface area contributed by atoms with Gasteiger partial charge in [0.25, 0.3) is 0 Å². The molecule has 1 saturated heterocycles. The quantitative estimate of drug-likeness (QED) is 0.186. The molecule has 0 unspecified atom stereocenters. The molecular weight excluding hydrogens is 422 g/mol. The first kappa shape index (κ1) is 25.7. The predicted molar refractivity (Wildman–Crippen MR) is 115 cm³/mol. The van der Waals surface area contributed by atoms with Crippen LogP contribution in [0, 0.1) is 0 Å². The minimum absolute atomic E-state index is 0.122. The zero-order valence-corrected chi connectivity index (χ0v) is 18.7. The van der Waals surface area contributed by atoms with Crippen LogP contribution >= 0.6 is 0 Å². The Hall–Kier alpha value is -0.900. The minimum atomic E-state index is -1.40. The van der Waals surface area contributed by atoms with Gasteiger partial charge in [0.2, 0.25) is 6.29 Å². The van der Waals surface area contributed by atoms with Crippen LogP contribution in [0.25, 0.3) is 0 Å². The van der Waals surface area contributed by atoms with Crippen LogP contribution < -0.4 is 28.3 Å². The Morgan fingerprint density at radius 1 is 1.12 bits per heavy atom. The maximum absolute atomic E-state index is 11.2. The summed E-state index contributed by atoms with van der Waals surface area (Å²) < 4.78 is 23.3. The zero-order valence-electron chi connectivity index (χ0n) is 18.7. The van der Waals surface area contributed by atoms with Gasteiger partial charge in [-0.25, -0.2) is 0 Å². The first-order valence-electron chi connectivity index (χ1n) is 11.2. The smallest absolute Gasteiger partial charge is 0.215 e. The van der Waals surface area contributed by atoms with Crippen LogP contribution in [0.4, 0.5) is 0 Å². The summed E-state index contributed by atoms with van der Waals surface area (Å²) in [6, 6.07) is -2.29. The lowest BCUT2D eigenvalue weighted by Crippen LogP contribution is -2.68. The molecule has 0 aromatic carbocycles. The lowest BCUT2D eigenvalue weighted by molar-refractivity contribution is -0.302. The summed E-state index contributed by atoms with van der Waals surface area (Å²) in [5.74, 6) is 0.564. The Labute approximate surface area is 188 Å². The molecule has 2 aliphatic heterocycles. The summed E-state index contributed by atoms with van der Waals surface area (Å²) in [6.45, 7) is 4.10.